The topological polar surface area (TPSA) is 0 Å². The molecule has 0 saturated heterocycles. The molecule has 0 radical (unpaired) electrons. The van der Waals surface area contributed by atoms with Crippen molar-refractivity contribution in [3.8, 4) is 0 Å². The molecule has 0 unspecified atom stereocenters. The largest absolute Gasteiger partial charge is 0.438 e. The van der Waals surface area contributed by atoms with Crippen molar-refractivity contribution in [1.29, 1.82) is 0 Å². The molecule has 14 heavy (non-hydrogen) atoms. The van der Waals surface area contributed by atoms with Crippen LogP contribution in [0.5, 0.6) is 0 Å². The van der Waals surface area contributed by atoms with Crippen LogP contribution in [0.3, 0.4) is 0 Å². The molecule has 0 aliphatic heterocycles. The highest BCUT2D eigenvalue weighted by Gasteiger charge is 2.83. The Morgan fingerprint density at radius 1 is 0.571 bits per heavy atom. The minimum absolute atomic E-state index is 0.724. The van der Waals surface area contributed by atoms with E-state index in [2.05, 4.69) is 0 Å². The van der Waals surface area contributed by atoms with E-state index >= 15 is 0 Å². The lowest BCUT2D eigenvalue weighted by atomic mass is 10.1. The van der Waals surface area contributed by atoms with Crippen LogP contribution in [0.4, 0.5) is 39.5 Å². The first-order valence-corrected chi connectivity index (χ1v) is 3.43. The van der Waals surface area contributed by atoms with E-state index in [1.54, 1.807) is 0 Å². The average molecular weight is 299 g/mol. The summed E-state index contributed by atoms with van der Waals surface area (Å²) >= 11 is 0.724. The predicted molar refractivity (Wildman–Crippen MR) is 29.8 cm³/mol. The molecule has 0 spiro atoms. The van der Waals surface area contributed by atoms with Gasteiger partial charge in [0.1, 0.15) is 0 Å². The van der Waals surface area contributed by atoms with Gasteiger partial charge in [0, 0.05) is 0 Å². The summed E-state index contributed by atoms with van der Waals surface area (Å²) in [4.78, 5) is -5.78. The molecular formula is C4BrF9. The van der Waals surface area contributed by atoms with Crippen molar-refractivity contribution in [3.63, 3.8) is 0 Å². The maximum atomic E-state index is 12.3. The van der Waals surface area contributed by atoms with Crippen molar-refractivity contribution in [2.24, 2.45) is 0 Å². The van der Waals surface area contributed by atoms with Crippen molar-refractivity contribution >= 4 is 15.9 Å². The van der Waals surface area contributed by atoms with Gasteiger partial charge < -0.3 is 0 Å². The Kier molecular flexibility index (Phi) is 3.14. The van der Waals surface area contributed by atoms with E-state index < -0.39 is 22.9 Å². The summed E-state index contributed by atoms with van der Waals surface area (Å²) in [6.45, 7) is 0. The first-order valence-electron chi connectivity index (χ1n) is 2.64. The maximum absolute atomic E-state index is 12.3. The second-order valence-corrected chi connectivity index (χ2v) is 3.15. The zero-order chi connectivity index (χ0) is 12.0. The fourth-order valence-electron chi connectivity index (χ4n) is 0.482. The summed E-state index contributed by atoms with van der Waals surface area (Å²) in [5.74, 6) is 0. The molecule has 0 aromatic carbocycles. The lowest BCUT2D eigenvalue weighted by Crippen LogP contribution is -2.62. The average Bonchev–Trinajstić information content (AvgIpc) is 1.77. The van der Waals surface area contributed by atoms with Crippen molar-refractivity contribution in [2.75, 3.05) is 0 Å². The fraction of sp³-hybridized carbons (Fsp3) is 1.00. The zero-order valence-corrected chi connectivity index (χ0v) is 7.37. The lowest BCUT2D eigenvalue weighted by Gasteiger charge is -2.32. The molecule has 0 aliphatic rings. The van der Waals surface area contributed by atoms with E-state index in [0.29, 0.717) is 0 Å². The Morgan fingerprint density at radius 3 is 0.786 bits per heavy atom. The molecule has 10 heteroatoms. The normalized spacial score (nSPS) is 15.9. The first kappa shape index (κ1) is 13.8. The molecule has 86 valence electrons. The summed E-state index contributed by atoms with van der Waals surface area (Å²) in [7, 11) is 0. The number of hydrogen-bond donors (Lipinski definition) is 0. The van der Waals surface area contributed by atoms with E-state index in [0.717, 1.165) is 15.9 Å². The zero-order valence-electron chi connectivity index (χ0n) is 5.78. The maximum Gasteiger partial charge on any atom is 0.438 e. The molecule has 0 nitrogen and oxygen atoms in total. The van der Waals surface area contributed by atoms with Gasteiger partial charge in [-0.25, -0.2) is 4.39 Å². The summed E-state index contributed by atoms with van der Waals surface area (Å²) in [5.41, 5.74) is -6.60. The van der Waals surface area contributed by atoms with E-state index in [4.69, 9.17) is 0 Å². The Labute approximate surface area is 79.2 Å². The summed E-state index contributed by atoms with van der Waals surface area (Å²) < 4.78 is 105. The highest BCUT2D eigenvalue weighted by molar-refractivity contribution is 9.10. The van der Waals surface area contributed by atoms with Gasteiger partial charge in [0.15, 0.2) is 0 Å². The Hall–Kier alpha value is -0.150. The smallest absolute Gasteiger partial charge is 0.215 e. The van der Waals surface area contributed by atoms with Crippen molar-refractivity contribution < 1.29 is 39.5 Å². The van der Waals surface area contributed by atoms with Crippen molar-refractivity contribution in [3.05, 3.63) is 0 Å². The van der Waals surface area contributed by atoms with Gasteiger partial charge >= 0.3 is 22.9 Å². The van der Waals surface area contributed by atoms with E-state index in [-0.39, 0.29) is 0 Å². The fourth-order valence-corrected chi connectivity index (χ4v) is 0.932. The molecule has 0 heterocycles. The molecule has 0 amide bonds. The Morgan fingerprint density at radius 2 is 0.786 bits per heavy atom. The van der Waals surface area contributed by atoms with Crippen LogP contribution in [0.2, 0.25) is 0 Å². The second kappa shape index (κ2) is 3.17. The molecule has 0 saturated carbocycles. The van der Waals surface area contributed by atoms with Gasteiger partial charge in [-0.3, -0.25) is 0 Å². The van der Waals surface area contributed by atoms with Crippen LogP contribution in [-0.4, -0.2) is 22.9 Å². The van der Waals surface area contributed by atoms with Crippen LogP contribution >= 0.6 is 15.9 Å². The Bertz CT molecular complexity index is 170. The van der Waals surface area contributed by atoms with Gasteiger partial charge in [-0.05, 0) is 15.9 Å². The molecule has 0 bridgehead atoms. The van der Waals surface area contributed by atoms with Crippen molar-refractivity contribution in [2.45, 2.75) is 22.9 Å². The number of rotatable bonds is 1. The third kappa shape index (κ3) is 1.94. The number of halogens is 10. The third-order valence-electron chi connectivity index (χ3n) is 1.17. The molecule has 0 fully saturated rings. The molecule has 0 atom stereocenters. The highest BCUT2D eigenvalue weighted by Crippen LogP contribution is 2.56. The number of alkyl halides is 10. The molecule has 0 aliphatic carbocycles. The van der Waals surface area contributed by atoms with Crippen molar-refractivity contribution in [1.82, 2.24) is 0 Å². The van der Waals surface area contributed by atoms with Crippen LogP contribution in [0.1, 0.15) is 0 Å². The van der Waals surface area contributed by atoms with Gasteiger partial charge in [0.05, 0.1) is 0 Å². The Balaban J connectivity index is 5.54. The van der Waals surface area contributed by atoms with Gasteiger partial charge in [-0.15, -0.1) is 0 Å². The third-order valence-corrected chi connectivity index (χ3v) is 1.72. The molecular weight excluding hydrogens is 299 g/mol. The minimum atomic E-state index is -6.77. The second-order valence-electron chi connectivity index (χ2n) is 2.15. The quantitative estimate of drug-likeness (QED) is 0.510. The highest BCUT2D eigenvalue weighted by atomic mass is 79.9. The predicted octanol–water partition coefficient (Wildman–Crippen LogP) is 3.81. The standard InChI is InChI=1S/C4BrF9/c5-2(7,8)1(6,3(9,10)11)4(12,13)14. The van der Waals surface area contributed by atoms with Gasteiger partial charge in [0.2, 0.25) is 0 Å². The van der Waals surface area contributed by atoms with E-state index in [1.165, 1.54) is 0 Å². The number of hydrogen-bond acceptors (Lipinski definition) is 0. The SMILES string of the molecule is FC(F)(F)C(F)(C(F)(F)F)C(F)(F)Br. The van der Waals surface area contributed by atoms with Crippen LogP contribution in [0.15, 0.2) is 0 Å². The molecule has 0 aromatic rings. The van der Waals surface area contributed by atoms with E-state index in [1.807, 2.05) is 0 Å². The first-order chi connectivity index (χ1) is 5.75. The summed E-state index contributed by atoms with van der Waals surface area (Å²) in [6, 6.07) is 0. The van der Waals surface area contributed by atoms with Gasteiger partial charge in [-0.2, -0.15) is 35.1 Å². The minimum Gasteiger partial charge on any atom is -0.215 e. The van der Waals surface area contributed by atoms with Crippen LogP contribution < -0.4 is 0 Å². The summed E-state index contributed by atoms with van der Waals surface area (Å²) in [6.07, 6.45) is -13.5. The molecule has 0 rings (SSSR count). The molecule has 0 N–H and O–H groups in total. The van der Waals surface area contributed by atoms with Crippen LogP contribution in [0, 0.1) is 0 Å². The monoisotopic (exact) mass is 298 g/mol. The van der Waals surface area contributed by atoms with Gasteiger partial charge in [0.25, 0.3) is 0 Å². The van der Waals surface area contributed by atoms with E-state index in [9.17, 15) is 39.5 Å². The molecule has 0 aromatic heterocycles. The lowest BCUT2D eigenvalue weighted by molar-refractivity contribution is -0.376. The van der Waals surface area contributed by atoms with Gasteiger partial charge in [-0.1, -0.05) is 0 Å². The summed E-state index contributed by atoms with van der Waals surface area (Å²) in [5, 5.41) is 0. The van der Waals surface area contributed by atoms with Crippen LogP contribution in [-0.2, 0) is 0 Å². The van der Waals surface area contributed by atoms with Crippen LogP contribution in [0.25, 0.3) is 0 Å².